The SMILES string of the molecule is O=C(Cn1ncc2ccccc2c1=O)NCc1nc2ccccc2s1. The second-order valence-electron chi connectivity index (χ2n) is 5.55. The number of hydrogen-bond acceptors (Lipinski definition) is 5. The summed E-state index contributed by atoms with van der Waals surface area (Å²) in [6, 6.07) is 15.0. The van der Waals surface area contributed by atoms with Crippen molar-refractivity contribution in [3.8, 4) is 0 Å². The molecule has 0 bridgehead atoms. The highest BCUT2D eigenvalue weighted by molar-refractivity contribution is 7.18. The van der Waals surface area contributed by atoms with E-state index in [1.165, 1.54) is 4.68 Å². The number of carbonyl (C=O) groups excluding carboxylic acids is 1. The summed E-state index contributed by atoms with van der Waals surface area (Å²) < 4.78 is 2.26. The lowest BCUT2D eigenvalue weighted by Gasteiger charge is -2.06. The van der Waals surface area contributed by atoms with Gasteiger partial charge in [-0.1, -0.05) is 30.3 Å². The lowest BCUT2D eigenvalue weighted by atomic mass is 10.2. The van der Waals surface area contributed by atoms with Gasteiger partial charge in [-0.2, -0.15) is 5.10 Å². The average molecular weight is 350 g/mol. The fourth-order valence-corrected chi connectivity index (χ4v) is 3.51. The largest absolute Gasteiger partial charge is 0.348 e. The van der Waals surface area contributed by atoms with Crippen LogP contribution in [-0.2, 0) is 17.9 Å². The van der Waals surface area contributed by atoms with Gasteiger partial charge in [0, 0.05) is 5.39 Å². The molecule has 124 valence electrons. The number of hydrogen-bond donors (Lipinski definition) is 1. The van der Waals surface area contributed by atoms with Gasteiger partial charge in [-0.3, -0.25) is 9.59 Å². The maximum Gasteiger partial charge on any atom is 0.275 e. The highest BCUT2D eigenvalue weighted by atomic mass is 32.1. The maximum absolute atomic E-state index is 12.4. The molecule has 0 unspecified atom stereocenters. The Morgan fingerprint density at radius 2 is 1.92 bits per heavy atom. The van der Waals surface area contributed by atoms with Crippen LogP contribution in [0.2, 0.25) is 0 Å². The molecule has 0 spiro atoms. The molecule has 4 rings (SSSR count). The van der Waals surface area contributed by atoms with E-state index in [1.54, 1.807) is 29.7 Å². The topological polar surface area (TPSA) is 76.9 Å². The van der Waals surface area contributed by atoms with Crippen LogP contribution < -0.4 is 10.9 Å². The first-order valence-corrected chi connectivity index (χ1v) is 8.58. The summed E-state index contributed by atoms with van der Waals surface area (Å²) in [5.41, 5.74) is 0.650. The summed E-state index contributed by atoms with van der Waals surface area (Å²) in [4.78, 5) is 29.0. The van der Waals surface area contributed by atoms with E-state index in [9.17, 15) is 9.59 Å². The second-order valence-corrected chi connectivity index (χ2v) is 6.66. The molecule has 7 heteroatoms. The Labute approximate surface area is 146 Å². The van der Waals surface area contributed by atoms with E-state index < -0.39 is 0 Å². The highest BCUT2D eigenvalue weighted by Crippen LogP contribution is 2.21. The van der Waals surface area contributed by atoms with Crippen LogP contribution >= 0.6 is 11.3 Å². The van der Waals surface area contributed by atoms with Gasteiger partial charge in [0.05, 0.1) is 28.3 Å². The Kier molecular flexibility index (Phi) is 3.99. The molecule has 1 amide bonds. The molecule has 0 aliphatic rings. The quantitative estimate of drug-likeness (QED) is 0.613. The standard InChI is InChI=1S/C18H14N4O2S/c23-16(19-10-17-21-14-7-3-4-8-15(14)25-17)11-22-18(24)13-6-2-1-5-12(13)9-20-22/h1-9H,10-11H2,(H,19,23). The van der Waals surface area contributed by atoms with Crippen molar-refractivity contribution in [1.29, 1.82) is 0 Å². The van der Waals surface area contributed by atoms with Crippen molar-refractivity contribution in [2.24, 2.45) is 0 Å². The molecule has 0 aliphatic carbocycles. The number of rotatable bonds is 4. The van der Waals surface area contributed by atoms with E-state index in [4.69, 9.17) is 0 Å². The molecule has 0 saturated heterocycles. The van der Waals surface area contributed by atoms with Gasteiger partial charge < -0.3 is 5.32 Å². The second kappa shape index (κ2) is 6.45. The van der Waals surface area contributed by atoms with Crippen LogP contribution in [0.5, 0.6) is 0 Å². The van der Waals surface area contributed by atoms with E-state index >= 15 is 0 Å². The van der Waals surface area contributed by atoms with E-state index in [2.05, 4.69) is 15.4 Å². The smallest absolute Gasteiger partial charge is 0.275 e. The van der Waals surface area contributed by atoms with E-state index in [0.717, 1.165) is 20.6 Å². The molecular weight excluding hydrogens is 336 g/mol. The van der Waals surface area contributed by atoms with Crippen molar-refractivity contribution in [1.82, 2.24) is 20.1 Å². The van der Waals surface area contributed by atoms with Crippen molar-refractivity contribution in [3.63, 3.8) is 0 Å². The summed E-state index contributed by atoms with van der Waals surface area (Å²) in [5, 5.41) is 9.00. The van der Waals surface area contributed by atoms with Gasteiger partial charge in [-0.05, 0) is 18.2 Å². The summed E-state index contributed by atoms with van der Waals surface area (Å²) in [6.45, 7) is 0.217. The van der Waals surface area contributed by atoms with Crippen molar-refractivity contribution < 1.29 is 4.79 Å². The minimum Gasteiger partial charge on any atom is -0.348 e. The van der Waals surface area contributed by atoms with E-state index in [1.807, 2.05) is 36.4 Å². The molecule has 2 heterocycles. The molecule has 2 aromatic heterocycles. The number of thiazole rings is 1. The predicted molar refractivity (Wildman–Crippen MR) is 97.5 cm³/mol. The van der Waals surface area contributed by atoms with Crippen molar-refractivity contribution >= 4 is 38.2 Å². The fraction of sp³-hybridized carbons (Fsp3) is 0.111. The van der Waals surface area contributed by atoms with Gasteiger partial charge in [0.2, 0.25) is 5.91 Å². The molecule has 6 nitrogen and oxygen atoms in total. The molecule has 1 N–H and O–H groups in total. The molecule has 4 aromatic rings. The van der Waals surface area contributed by atoms with E-state index in [0.29, 0.717) is 11.9 Å². The average Bonchev–Trinajstić information content (AvgIpc) is 3.06. The van der Waals surface area contributed by atoms with Crippen molar-refractivity contribution in [2.75, 3.05) is 0 Å². The molecule has 0 atom stereocenters. The summed E-state index contributed by atoms with van der Waals surface area (Å²) in [5.74, 6) is -0.274. The lowest BCUT2D eigenvalue weighted by molar-refractivity contribution is -0.122. The number of carbonyl (C=O) groups is 1. The first kappa shape index (κ1) is 15.5. The third-order valence-corrected chi connectivity index (χ3v) is 4.87. The minimum atomic E-state index is -0.274. The van der Waals surface area contributed by atoms with Crippen LogP contribution in [-0.4, -0.2) is 20.7 Å². The number of fused-ring (bicyclic) bond motifs is 2. The Balaban J connectivity index is 1.47. The zero-order valence-electron chi connectivity index (χ0n) is 13.2. The molecular formula is C18H14N4O2S. The van der Waals surface area contributed by atoms with Crippen molar-refractivity contribution in [3.05, 3.63) is 70.1 Å². The fourth-order valence-electron chi connectivity index (χ4n) is 2.60. The summed E-state index contributed by atoms with van der Waals surface area (Å²) in [6.07, 6.45) is 1.59. The monoisotopic (exact) mass is 350 g/mol. The number of nitrogens with zero attached hydrogens (tertiary/aromatic N) is 3. The zero-order valence-corrected chi connectivity index (χ0v) is 14.0. The molecule has 2 aromatic carbocycles. The van der Waals surface area contributed by atoms with Crippen LogP contribution in [0.1, 0.15) is 5.01 Å². The number of amides is 1. The number of aromatic nitrogens is 3. The van der Waals surface area contributed by atoms with Crippen LogP contribution in [0.4, 0.5) is 0 Å². The highest BCUT2D eigenvalue weighted by Gasteiger charge is 2.09. The summed E-state index contributed by atoms with van der Waals surface area (Å²) >= 11 is 1.54. The maximum atomic E-state index is 12.4. The van der Waals surface area contributed by atoms with Gasteiger partial charge in [0.15, 0.2) is 0 Å². The molecule has 0 aliphatic heterocycles. The number of benzene rings is 2. The molecule has 0 radical (unpaired) electrons. The van der Waals surface area contributed by atoms with Crippen molar-refractivity contribution in [2.45, 2.75) is 13.1 Å². The van der Waals surface area contributed by atoms with Gasteiger partial charge >= 0.3 is 0 Å². The first-order valence-electron chi connectivity index (χ1n) is 7.77. The first-order chi connectivity index (χ1) is 12.2. The Morgan fingerprint density at radius 3 is 2.80 bits per heavy atom. The van der Waals surface area contributed by atoms with E-state index in [-0.39, 0.29) is 18.0 Å². The lowest BCUT2D eigenvalue weighted by Crippen LogP contribution is -2.33. The Bertz CT molecular complexity index is 1100. The van der Waals surface area contributed by atoms with Gasteiger partial charge in [0.1, 0.15) is 11.6 Å². The summed E-state index contributed by atoms with van der Waals surface area (Å²) in [7, 11) is 0. The van der Waals surface area contributed by atoms with Crippen LogP contribution in [0.15, 0.2) is 59.5 Å². The van der Waals surface area contributed by atoms with Gasteiger partial charge in [0.25, 0.3) is 5.56 Å². The normalized spacial score (nSPS) is 11.0. The third-order valence-electron chi connectivity index (χ3n) is 3.83. The third kappa shape index (κ3) is 3.14. The van der Waals surface area contributed by atoms with Gasteiger partial charge in [-0.25, -0.2) is 9.67 Å². The number of nitrogens with one attached hydrogen (secondary N) is 1. The van der Waals surface area contributed by atoms with Crippen LogP contribution in [0.25, 0.3) is 21.0 Å². The van der Waals surface area contributed by atoms with Gasteiger partial charge in [-0.15, -0.1) is 11.3 Å². The molecule has 0 fully saturated rings. The van der Waals surface area contributed by atoms with Crippen LogP contribution in [0, 0.1) is 0 Å². The molecule has 0 saturated carbocycles. The Hall–Kier alpha value is -3.06. The number of para-hydroxylation sites is 1. The van der Waals surface area contributed by atoms with Crippen LogP contribution in [0.3, 0.4) is 0 Å². The minimum absolute atomic E-state index is 0.117. The predicted octanol–water partition coefficient (Wildman–Crippen LogP) is 2.32. The molecule has 25 heavy (non-hydrogen) atoms. The zero-order chi connectivity index (χ0) is 17.2. The Morgan fingerprint density at radius 1 is 1.12 bits per heavy atom.